The number of benzene rings is 1. The molecule has 1 unspecified atom stereocenters. The molecule has 1 heterocycles. The molecule has 2 amide bonds. The number of carbonyl (C=O) groups is 2. The Morgan fingerprint density at radius 3 is 2.26 bits per heavy atom. The third kappa shape index (κ3) is 2.23. The molecule has 2 rings (SSSR count). The van der Waals surface area contributed by atoms with Crippen molar-refractivity contribution in [1.29, 1.82) is 0 Å². The molecule has 102 valence electrons. The monoisotopic (exact) mass is 260 g/mol. The maximum atomic E-state index is 12.6. The second kappa shape index (κ2) is 4.68. The SMILES string of the molecule is CC(C)N1C(=O)C(c2ccccc2)NC(=O)C1(C)C. The van der Waals surface area contributed by atoms with Gasteiger partial charge in [-0.3, -0.25) is 9.59 Å². The molecule has 1 N–H and O–H groups in total. The van der Waals surface area contributed by atoms with Crippen molar-refractivity contribution < 1.29 is 9.59 Å². The molecular weight excluding hydrogens is 240 g/mol. The number of piperazine rings is 1. The minimum Gasteiger partial charge on any atom is -0.338 e. The summed E-state index contributed by atoms with van der Waals surface area (Å²) in [5.41, 5.74) is 0.0123. The quantitative estimate of drug-likeness (QED) is 0.882. The van der Waals surface area contributed by atoms with Crippen molar-refractivity contribution in [2.24, 2.45) is 0 Å². The summed E-state index contributed by atoms with van der Waals surface area (Å²) >= 11 is 0. The Balaban J connectivity index is 2.40. The number of carbonyl (C=O) groups excluding carboxylic acids is 2. The molecule has 1 saturated heterocycles. The molecule has 1 aliphatic rings. The summed E-state index contributed by atoms with van der Waals surface area (Å²) < 4.78 is 0. The van der Waals surface area contributed by atoms with Crippen molar-refractivity contribution in [1.82, 2.24) is 10.2 Å². The zero-order valence-corrected chi connectivity index (χ0v) is 11.8. The van der Waals surface area contributed by atoms with Gasteiger partial charge in [0.05, 0.1) is 0 Å². The third-order valence-corrected chi connectivity index (χ3v) is 3.57. The van der Waals surface area contributed by atoms with Crippen LogP contribution in [-0.2, 0) is 9.59 Å². The van der Waals surface area contributed by atoms with E-state index in [-0.39, 0.29) is 17.9 Å². The highest BCUT2D eigenvalue weighted by Crippen LogP contribution is 2.29. The number of hydrogen-bond acceptors (Lipinski definition) is 2. The van der Waals surface area contributed by atoms with Gasteiger partial charge in [0.15, 0.2) is 0 Å². The fourth-order valence-corrected chi connectivity index (χ4v) is 2.66. The molecule has 0 aliphatic carbocycles. The van der Waals surface area contributed by atoms with Crippen LogP contribution in [0, 0.1) is 0 Å². The van der Waals surface area contributed by atoms with Crippen LogP contribution in [0.5, 0.6) is 0 Å². The van der Waals surface area contributed by atoms with Gasteiger partial charge in [-0.15, -0.1) is 0 Å². The number of nitrogens with one attached hydrogen (secondary N) is 1. The topological polar surface area (TPSA) is 49.4 Å². The summed E-state index contributed by atoms with van der Waals surface area (Å²) in [6.07, 6.45) is 0. The van der Waals surface area contributed by atoms with Crippen LogP contribution in [-0.4, -0.2) is 28.3 Å². The summed E-state index contributed by atoms with van der Waals surface area (Å²) in [6.45, 7) is 7.42. The van der Waals surface area contributed by atoms with Gasteiger partial charge < -0.3 is 10.2 Å². The first-order chi connectivity index (χ1) is 8.85. The Morgan fingerprint density at radius 1 is 1.16 bits per heavy atom. The lowest BCUT2D eigenvalue weighted by molar-refractivity contribution is -0.158. The van der Waals surface area contributed by atoms with Crippen molar-refractivity contribution in [2.45, 2.75) is 45.3 Å². The zero-order chi connectivity index (χ0) is 14.2. The van der Waals surface area contributed by atoms with Crippen LogP contribution in [0.3, 0.4) is 0 Å². The van der Waals surface area contributed by atoms with E-state index in [2.05, 4.69) is 5.32 Å². The Hall–Kier alpha value is -1.84. The maximum absolute atomic E-state index is 12.6. The first kappa shape index (κ1) is 13.6. The molecule has 0 radical (unpaired) electrons. The predicted molar refractivity (Wildman–Crippen MR) is 73.4 cm³/mol. The van der Waals surface area contributed by atoms with Crippen molar-refractivity contribution in [2.75, 3.05) is 0 Å². The van der Waals surface area contributed by atoms with Gasteiger partial charge in [-0.05, 0) is 33.3 Å². The van der Waals surface area contributed by atoms with Crippen molar-refractivity contribution >= 4 is 11.8 Å². The highest BCUT2D eigenvalue weighted by Gasteiger charge is 2.47. The third-order valence-electron chi connectivity index (χ3n) is 3.57. The summed E-state index contributed by atoms with van der Waals surface area (Å²) in [6, 6.07) is 8.76. The highest BCUT2D eigenvalue weighted by molar-refractivity contribution is 5.99. The van der Waals surface area contributed by atoms with E-state index in [4.69, 9.17) is 0 Å². The number of nitrogens with zero attached hydrogens (tertiary/aromatic N) is 1. The smallest absolute Gasteiger partial charge is 0.250 e. The van der Waals surface area contributed by atoms with Gasteiger partial charge in [-0.25, -0.2) is 0 Å². The normalized spacial score (nSPS) is 22.6. The fraction of sp³-hybridized carbons (Fsp3) is 0.467. The molecule has 1 aliphatic heterocycles. The average Bonchev–Trinajstić information content (AvgIpc) is 2.34. The van der Waals surface area contributed by atoms with Gasteiger partial charge in [0.1, 0.15) is 11.6 Å². The second-order valence-corrected chi connectivity index (χ2v) is 5.68. The first-order valence-electron chi connectivity index (χ1n) is 6.55. The first-order valence-corrected chi connectivity index (χ1v) is 6.55. The second-order valence-electron chi connectivity index (χ2n) is 5.68. The van der Waals surface area contributed by atoms with E-state index in [1.807, 2.05) is 44.2 Å². The Morgan fingerprint density at radius 2 is 1.74 bits per heavy atom. The standard InChI is InChI=1S/C15H20N2O2/c1-10(2)17-13(18)12(11-8-6-5-7-9-11)16-14(19)15(17,3)4/h5-10,12H,1-4H3,(H,16,19). The van der Waals surface area contributed by atoms with Crippen LogP contribution < -0.4 is 5.32 Å². The lowest BCUT2D eigenvalue weighted by Gasteiger charge is -2.46. The summed E-state index contributed by atoms with van der Waals surface area (Å²) in [5.74, 6) is -0.166. The maximum Gasteiger partial charge on any atom is 0.250 e. The molecule has 1 atom stereocenters. The van der Waals surface area contributed by atoms with E-state index in [1.54, 1.807) is 18.7 Å². The highest BCUT2D eigenvalue weighted by atomic mass is 16.2. The van der Waals surface area contributed by atoms with Crippen molar-refractivity contribution in [3.8, 4) is 0 Å². The van der Waals surface area contributed by atoms with E-state index >= 15 is 0 Å². The van der Waals surface area contributed by atoms with Crippen LogP contribution in [0.15, 0.2) is 30.3 Å². The van der Waals surface area contributed by atoms with E-state index < -0.39 is 11.6 Å². The van der Waals surface area contributed by atoms with Crippen LogP contribution in [0.25, 0.3) is 0 Å². The number of amides is 2. The van der Waals surface area contributed by atoms with E-state index in [0.717, 1.165) is 5.56 Å². The average molecular weight is 260 g/mol. The Bertz CT molecular complexity index is 494. The van der Waals surface area contributed by atoms with Gasteiger partial charge in [-0.1, -0.05) is 30.3 Å². The van der Waals surface area contributed by atoms with Crippen molar-refractivity contribution in [3.05, 3.63) is 35.9 Å². The molecule has 1 aromatic rings. The van der Waals surface area contributed by atoms with E-state index in [0.29, 0.717) is 0 Å². The van der Waals surface area contributed by atoms with Gasteiger partial charge in [0.2, 0.25) is 5.91 Å². The Kier molecular flexibility index (Phi) is 3.35. The molecule has 0 spiro atoms. The van der Waals surface area contributed by atoms with Crippen LogP contribution >= 0.6 is 0 Å². The van der Waals surface area contributed by atoms with Gasteiger partial charge in [0, 0.05) is 6.04 Å². The number of hydrogen-bond donors (Lipinski definition) is 1. The molecule has 1 fully saturated rings. The molecular formula is C15H20N2O2. The van der Waals surface area contributed by atoms with Crippen LogP contribution in [0.1, 0.15) is 39.3 Å². The summed E-state index contributed by atoms with van der Waals surface area (Å²) in [5, 5.41) is 2.83. The van der Waals surface area contributed by atoms with Gasteiger partial charge >= 0.3 is 0 Å². The summed E-state index contributed by atoms with van der Waals surface area (Å²) in [7, 11) is 0. The van der Waals surface area contributed by atoms with Crippen molar-refractivity contribution in [3.63, 3.8) is 0 Å². The predicted octanol–water partition coefficient (Wildman–Crippen LogP) is 1.87. The lowest BCUT2D eigenvalue weighted by atomic mass is 9.91. The molecule has 0 saturated carbocycles. The molecule has 0 bridgehead atoms. The molecule has 19 heavy (non-hydrogen) atoms. The molecule has 4 heteroatoms. The molecule has 1 aromatic carbocycles. The minimum atomic E-state index is -0.809. The molecule has 4 nitrogen and oxygen atoms in total. The van der Waals surface area contributed by atoms with E-state index in [9.17, 15) is 9.59 Å². The molecule has 0 aromatic heterocycles. The zero-order valence-electron chi connectivity index (χ0n) is 11.8. The van der Waals surface area contributed by atoms with Gasteiger partial charge in [0.25, 0.3) is 5.91 Å². The number of rotatable bonds is 2. The lowest BCUT2D eigenvalue weighted by Crippen LogP contribution is -2.67. The Labute approximate surface area is 113 Å². The minimum absolute atomic E-state index is 0.0141. The summed E-state index contributed by atoms with van der Waals surface area (Å²) in [4.78, 5) is 26.6. The largest absolute Gasteiger partial charge is 0.338 e. The van der Waals surface area contributed by atoms with Crippen LogP contribution in [0.2, 0.25) is 0 Å². The van der Waals surface area contributed by atoms with Gasteiger partial charge in [-0.2, -0.15) is 0 Å². The van der Waals surface area contributed by atoms with Crippen LogP contribution in [0.4, 0.5) is 0 Å². The van der Waals surface area contributed by atoms with E-state index in [1.165, 1.54) is 0 Å². The fourth-order valence-electron chi connectivity index (χ4n) is 2.66.